The molecule has 8 heteroatoms. The molecular weight excluding hydrogens is 372 g/mol. The number of hydrogen-bond donors (Lipinski definition) is 1. The summed E-state index contributed by atoms with van der Waals surface area (Å²) in [5.41, 5.74) is -1.02. The largest absolute Gasteiger partial charge is 0.417 e. The second-order valence-electron chi connectivity index (χ2n) is 6.14. The van der Waals surface area contributed by atoms with Gasteiger partial charge >= 0.3 is 12.4 Å². The highest BCUT2D eigenvalue weighted by molar-refractivity contribution is 6.05. The van der Waals surface area contributed by atoms with Crippen LogP contribution in [0.2, 0.25) is 0 Å². The number of carbonyl (C=O) groups is 1. The third-order valence-electron chi connectivity index (χ3n) is 4.15. The van der Waals surface area contributed by atoms with Crippen molar-refractivity contribution in [3.63, 3.8) is 0 Å². The van der Waals surface area contributed by atoms with Gasteiger partial charge in [0.15, 0.2) is 0 Å². The van der Waals surface area contributed by atoms with Gasteiger partial charge in [-0.25, -0.2) is 0 Å². The normalized spacial score (nSPS) is 13.3. The lowest BCUT2D eigenvalue weighted by molar-refractivity contribution is -0.170. The van der Waals surface area contributed by atoms with Gasteiger partial charge in [-0.3, -0.25) is 4.79 Å². The fraction of sp³-hybridized carbons (Fsp3) is 0.316. The van der Waals surface area contributed by atoms with E-state index in [2.05, 4.69) is 5.32 Å². The van der Waals surface area contributed by atoms with Crippen molar-refractivity contribution in [1.82, 2.24) is 0 Å². The van der Waals surface area contributed by atoms with Crippen LogP contribution in [0.5, 0.6) is 0 Å². The summed E-state index contributed by atoms with van der Waals surface area (Å²) in [6.07, 6.45) is -9.20. The average Bonchev–Trinajstić information content (AvgIpc) is 2.59. The van der Waals surface area contributed by atoms with Gasteiger partial charge in [0.1, 0.15) is 0 Å². The van der Waals surface area contributed by atoms with Crippen molar-refractivity contribution < 1.29 is 31.1 Å². The Bertz CT molecular complexity index is 797. The van der Waals surface area contributed by atoms with Crippen LogP contribution in [0.3, 0.4) is 0 Å². The Morgan fingerprint density at radius 2 is 1.56 bits per heavy atom. The molecule has 0 saturated heterocycles. The van der Waals surface area contributed by atoms with Crippen molar-refractivity contribution in [2.45, 2.75) is 32.1 Å². The van der Waals surface area contributed by atoms with Crippen molar-refractivity contribution in [3.05, 3.63) is 65.2 Å². The monoisotopic (exact) mass is 389 g/mol. The fourth-order valence-electron chi connectivity index (χ4n) is 2.51. The van der Waals surface area contributed by atoms with Crippen molar-refractivity contribution in [1.29, 1.82) is 0 Å². The molecule has 27 heavy (non-hydrogen) atoms. The average molecular weight is 389 g/mol. The zero-order valence-electron chi connectivity index (χ0n) is 14.3. The molecule has 0 saturated carbocycles. The van der Waals surface area contributed by atoms with Gasteiger partial charge in [-0.15, -0.1) is 0 Å². The molecule has 0 aromatic heterocycles. The Hall–Kier alpha value is -2.51. The van der Waals surface area contributed by atoms with Crippen LogP contribution in [-0.2, 0) is 12.6 Å². The molecule has 0 fully saturated rings. The van der Waals surface area contributed by atoms with Crippen LogP contribution in [0.4, 0.5) is 32.0 Å². The number of carbonyl (C=O) groups excluding carboxylic acids is 1. The van der Waals surface area contributed by atoms with Gasteiger partial charge in [0.25, 0.3) is 5.91 Å². The summed E-state index contributed by atoms with van der Waals surface area (Å²) in [7, 11) is 0. The highest BCUT2D eigenvalue weighted by Crippen LogP contribution is 2.33. The van der Waals surface area contributed by atoms with Gasteiger partial charge < -0.3 is 5.32 Å². The predicted molar refractivity (Wildman–Crippen MR) is 89.4 cm³/mol. The summed E-state index contributed by atoms with van der Waals surface area (Å²) < 4.78 is 77.2. The Labute approximate surface area is 152 Å². The number of aryl methyl sites for hydroxylation is 1. The first-order chi connectivity index (χ1) is 12.5. The second kappa shape index (κ2) is 8.02. The lowest BCUT2D eigenvalue weighted by atomic mass is 9.99. The smallest absolute Gasteiger partial charge is 0.322 e. The van der Waals surface area contributed by atoms with Gasteiger partial charge in [0, 0.05) is 5.69 Å². The van der Waals surface area contributed by atoms with Crippen molar-refractivity contribution >= 4 is 11.6 Å². The minimum Gasteiger partial charge on any atom is -0.322 e. The number of para-hydroxylation sites is 1. The molecular formula is C19H17F6NO. The molecule has 0 spiro atoms. The Morgan fingerprint density at radius 3 is 2.19 bits per heavy atom. The summed E-state index contributed by atoms with van der Waals surface area (Å²) in [6.45, 7) is 1.06. The molecule has 2 aromatic rings. The van der Waals surface area contributed by atoms with Crippen LogP contribution in [0.1, 0.15) is 34.8 Å². The van der Waals surface area contributed by atoms with E-state index >= 15 is 0 Å². The zero-order chi connectivity index (χ0) is 20.2. The van der Waals surface area contributed by atoms with E-state index in [4.69, 9.17) is 0 Å². The highest BCUT2D eigenvalue weighted by Gasteiger charge is 2.36. The number of halogens is 6. The minimum atomic E-state index is -4.70. The SMILES string of the molecule is CC(CCc1ccccc1NC(=O)c1ccccc1C(F)(F)F)C(F)(F)F. The molecule has 1 unspecified atom stereocenters. The summed E-state index contributed by atoms with van der Waals surface area (Å²) in [4.78, 5) is 12.3. The standard InChI is InChI=1S/C19H17F6NO/c1-12(18(20,21)22)10-11-13-6-2-5-9-16(13)26-17(27)14-7-3-4-8-15(14)19(23,24)25/h2-9,12H,10-11H2,1H3,(H,26,27). The number of nitrogens with one attached hydrogen (secondary N) is 1. The number of alkyl halides is 6. The van der Waals surface area contributed by atoms with Crippen LogP contribution >= 0.6 is 0 Å². The van der Waals surface area contributed by atoms with Gasteiger partial charge in [-0.2, -0.15) is 26.3 Å². The Kier molecular flexibility index (Phi) is 6.18. The molecule has 0 radical (unpaired) electrons. The first kappa shape index (κ1) is 20.8. The van der Waals surface area contributed by atoms with Gasteiger partial charge in [-0.05, 0) is 36.6 Å². The van der Waals surface area contributed by atoms with Crippen molar-refractivity contribution in [3.8, 4) is 0 Å². The molecule has 2 rings (SSSR count). The lowest BCUT2D eigenvalue weighted by Gasteiger charge is -2.17. The van der Waals surface area contributed by atoms with E-state index in [1.165, 1.54) is 24.3 Å². The van der Waals surface area contributed by atoms with E-state index in [1.54, 1.807) is 12.1 Å². The van der Waals surface area contributed by atoms with E-state index in [9.17, 15) is 31.1 Å². The lowest BCUT2D eigenvalue weighted by Crippen LogP contribution is -2.21. The quantitative estimate of drug-likeness (QED) is 0.616. The molecule has 0 bridgehead atoms. The van der Waals surface area contributed by atoms with Crippen LogP contribution in [-0.4, -0.2) is 12.1 Å². The molecule has 0 heterocycles. The third kappa shape index (κ3) is 5.48. The summed E-state index contributed by atoms with van der Waals surface area (Å²) >= 11 is 0. The summed E-state index contributed by atoms with van der Waals surface area (Å²) in [5, 5.41) is 2.38. The number of anilines is 1. The van der Waals surface area contributed by atoms with E-state index < -0.39 is 35.3 Å². The summed E-state index contributed by atoms with van der Waals surface area (Å²) in [5.74, 6) is -2.51. The van der Waals surface area contributed by atoms with E-state index in [1.807, 2.05) is 0 Å². The molecule has 1 atom stereocenters. The van der Waals surface area contributed by atoms with Crippen LogP contribution in [0.25, 0.3) is 0 Å². The molecule has 2 nitrogen and oxygen atoms in total. The number of benzene rings is 2. The van der Waals surface area contributed by atoms with Crippen molar-refractivity contribution in [2.24, 2.45) is 5.92 Å². The van der Waals surface area contributed by atoms with Crippen molar-refractivity contribution in [2.75, 3.05) is 5.32 Å². The molecule has 1 N–H and O–H groups in total. The first-order valence-electron chi connectivity index (χ1n) is 8.12. The maximum absolute atomic E-state index is 13.1. The molecule has 146 valence electrons. The van der Waals surface area contributed by atoms with Gasteiger partial charge in [0.05, 0.1) is 17.0 Å². The van der Waals surface area contributed by atoms with Gasteiger partial charge in [-0.1, -0.05) is 37.3 Å². The van der Waals surface area contributed by atoms with Gasteiger partial charge in [0.2, 0.25) is 0 Å². The van der Waals surface area contributed by atoms with Crippen LogP contribution in [0.15, 0.2) is 48.5 Å². The number of hydrogen-bond acceptors (Lipinski definition) is 1. The Balaban J connectivity index is 2.21. The predicted octanol–water partition coefficient (Wildman–Crippen LogP) is 6.09. The van der Waals surface area contributed by atoms with E-state index in [-0.39, 0.29) is 18.5 Å². The van der Waals surface area contributed by atoms with E-state index in [0.29, 0.717) is 5.56 Å². The molecule has 0 aliphatic heterocycles. The summed E-state index contributed by atoms with van der Waals surface area (Å²) in [6, 6.07) is 10.4. The maximum Gasteiger partial charge on any atom is 0.417 e. The maximum atomic E-state index is 13.1. The Morgan fingerprint density at radius 1 is 0.963 bits per heavy atom. The molecule has 2 aromatic carbocycles. The zero-order valence-corrected chi connectivity index (χ0v) is 14.3. The van der Waals surface area contributed by atoms with Crippen LogP contribution in [0, 0.1) is 5.92 Å². The third-order valence-corrected chi connectivity index (χ3v) is 4.15. The first-order valence-corrected chi connectivity index (χ1v) is 8.12. The number of amides is 1. The van der Waals surface area contributed by atoms with E-state index in [0.717, 1.165) is 19.1 Å². The molecule has 1 amide bonds. The minimum absolute atomic E-state index is 0.0258. The second-order valence-corrected chi connectivity index (χ2v) is 6.14. The highest BCUT2D eigenvalue weighted by atomic mass is 19.4. The fourth-order valence-corrected chi connectivity index (χ4v) is 2.51. The van der Waals surface area contributed by atoms with Crippen LogP contribution < -0.4 is 5.32 Å². The topological polar surface area (TPSA) is 29.1 Å². The molecule has 0 aliphatic carbocycles. The molecule has 0 aliphatic rings. The number of rotatable bonds is 5.